The molecule has 2 rings (SSSR count). The SMILES string of the molecule is CC(C)c1ccc(NC(=O)Cn2ccnc2Cl)cc1. The number of anilines is 1. The minimum absolute atomic E-state index is 0.128. The molecule has 100 valence electrons. The Labute approximate surface area is 117 Å². The van der Waals surface area contributed by atoms with E-state index in [0.29, 0.717) is 11.2 Å². The fourth-order valence-corrected chi connectivity index (χ4v) is 1.91. The molecule has 0 spiro atoms. The Hall–Kier alpha value is -1.81. The van der Waals surface area contributed by atoms with Crippen LogP contribution < -0.4 is 5.32 Å². The Morgan fingerprint density at radius 1 is 1.37 bits per heavy atom. The molecule has 1 amide bonds. The van der Waals surface area contributed by atoms with Crippen LogP contribution in [0.2, 0.25) is 5.28 Å². The Bertz CT molecular complexity index is 560. The maximum Gasteiger partial charge on any atom is 0.244 e. The second-order valence-corrected chi connectivity index (χ2v) is 4.99. The quantitative estimate of drug-likeness (QED) is 0.932. The van der Waals surface area contributed by atoms with Crippen molar-refractivity contribution in [3.8, 4) is 0 Å². The van der Waals surface area contributed by atoms with Gasteiger partial charge < -0.3 is 9.88 Å². The predicted molar refractivity (Wildman–Crippen MR) is 76.4 cm³/mol. The van der Waals surface area contributed by atoms with Crippen LogP contribution in [0.3, 0.4) is 0 Å². The number of nitrogens with one attached hydrogen (secondary N) is 1. The van der Waals surface area contributed by atoms with Gasteiger partial charge in [-0.15, -0.1) is 0 Å². The molecule has 19 heavy (non-hydrogen) atoms. The lowest BCUT2D eigenvalue weighted by atomic mass is 10.0. The normalized spacial score (nSPS) is 10.7. The van der Waals surface area contributed by atoms with Crippen LogP contribution in [0.1, 0.15) is 25.3 Å². The number of imidazole rings is 1. The van der Waals surface area contributed by atoms with Gasteiger partial charge in [-0.1, -0.05) is 26.0 Å². The number of carbonyl (C=O) groups is 1. The number of hydrogen-bond acceptors (Lipinski definition) is 2. The Kier molecular flexibility index (Phi) is 4.22. The lowest BCUT2D eigenvalue weighted by molar-refractivity contribution is -0.116. The summed E-state index contributed by atoms with van der Waals surface area (Å²) >= 11 is 5.81. The summed E-state index contributed by atoms with van der Waals surface area (Å²) in [6, 6.07) is 7.85. The Morgan fingerprint density at radius 2 is 2.05 bits per heavy atom. The van der Waals surface area contributed by atoms with Gasteiger partial charge in [0.25, 0.3) is 0 Å². The number of nitrogens with zero attached hydrogens (tertiary/aromatic N) is 2. The van der Waals surface area contributed by atoms with Crippen molar-refractivity contribution in [2.45, 2.75) is 26.3 Å². The maximum atomic E-state index is 11.8. The lowest BCUT2D eigenvalue weighted by Gasteiger charge is -2.09. The first kappa shape index (κ1) is 13.6. The van der Waals surface area contributed by atoms with E-state index >= 15 is 0 Å². The minimum atomic E-state index is -0.128. The van der Waals surface area contributed by atoms with Crippen molar-refractivity contribution < 1.29 is 4.79 Å². The van der Waals surface area contributed by atoms with Crippen LogP contribution in [0.5, 0.6) is 0 Å². The molecule has 2 aromatic rings. The van der Waals surface area contributed by atoms with Crippen LogP contribution in [-0.2, 0) is 11.3 Å². The molecule has 0 saturated carbocycles. The van der Waals surface area contributed by atoms with E-state index in [2.05, 4.69) is 24.1 Å². The lowest BCUT2D eigenvalue weighted by Crippen LogP contribution is -2.18. The zero-order valence-corrected chi connectivity index (χ0v) is 11.7. The van der Waals surface area contributed by atoms with E-state index in [1.807, 2.05) is 24.3 Å². The number of amides is 1. The average Bonchev–Trinajstić information content (AvgIpc) is 2.75. The monoisotopic (exact) mass is 277 g/mol. The number of aromatic nitrogens is 2. The van der Waals surface area contributed by atoms with Crippen molar-refractivity contribution in [1.82, 2.24) is 9.55 Å². The van der Waals surface area contributed by atoms with Crippen LogP contribution in [0.15, 0.2) is 36.7 Å². The first-order chi connectivity index (χ1) is 9.06. The van der Waals surface area contributed by atoms with Crippen molar-refractivity contribution in [3.05, 3.63) is 47.5 Å². The van der Waals surface area contributed by atoms with Crippen molar-refractivity contribution in [2.75, 3.05) is 5.32 Å². The standard InChI is InChI=1S/C14H16ClN3O/c1-10(2)11-3-5-12(6-4-11)17-13(19)9-18-8-7-16-14(18)15/h3-8,10H,9H2,1-2H3,(H,17,19). The summed E-state index contributed by atoms with van der Waals surface area (Å²) in [5.74, 6) is 0.353. The van der Waals surface area contributed by atoms with Crippen molar-refractivity contribution in [3.63, 3.8) is 0 Å². The summed E-state index contributed by atoms with van der Waals surface area (Å²) in [4.78, 5) is 15.7. The number of carbonyl (C=O) groups excluding carboxylic acids is 1. The molecule has 1 heterocycles. The largest absolute Gasteiger partial charge is 0.325 e. The van der Waals surface area contributed by atoms with E-state index in [4.69, 9.17) is 11.6 Å². The molecule has 0 aliphatic heterocycles. The molecule has 0 bridgehead atoms. The molecule has 0 aliphatic carbocycles. The summed E-state index contributed by atoms with van der Waals surface area (Å²) in [5.41, 5.74) is 2.03. The minimum Gasteiger partial charge on any atom is -0.325 e. The van der Waals surface area contributed by atoms with Crippen LogP contribution >= 0.6 is 11.6 Å². The predicted octanol–water partition coefficient (Wildman–Crippen LogP) is 3.30. The fourth-order valence-electron chi connectivity index (χ4n) is 1.74. The highest BCUT2D eigenvalue weighted by atomic mass is 35.5. The molecule has 0 fully saturated rings. The van der Waals surface area contributed by atoms with Gasteiger partial charge in [0.15, 0.2) is 0 Å². The van der Waals surface area contributed by atoms with Gasteiger partial charge >= 0.3 is 0 Å². The van der Waals surface area contributed by atoms with Crippen LogP contribution in [-0.4, -0.2) is 15.5 Å². The van der Waals surface area contributed by atoms with E-state index < -0.39 is 0 Å². The molecule has 0 unspecified atom stereocenters. The highest BCUT2D eigenvalue weighted by molar-refractivity contribution is 6.28. The molecule has 1 aromatic heterocycles. The van der Waals surface area contributed by atoms with Crippen LogP contribution in [0, 0.1) is 0 Å². The summed E-state index contributed by atoms with van der Waals surface area (Å²) in [5, 5.41) is 3.14. The van der Waals surface area contributed by atoms with Gasteiger partial charge in [0.2, 0.25) is 11.2 Å². The molecule has 0 radical (unpaired) electrons. The number of rotatable bonds is 4. The summed E-state index contributed by atoms with van der Waals surface area (Å²) in [6.07, 6.45) is 3.23. The third-order valence-corrected chi connectivity index (χ3v) is 3.15. The third-order valence-electron chi connectivity index (χ3n) is 2.84. The van der Waals surface area contributed by atoms with E-state index in [-0.39, 0.29) is 12.5 Å². The Balaban J connectivity index is 1.97. The topological polar surface area (TPSA) is 46.9 Å². The zero-order valence-electron chi connectivity index (χ0n) is 10.9. The van der Waals surface area contributed by atoms with Gasteiger partial charge in [0, 0.05) is 18.1 Å². The number of benzene rings is 1. The van der Waals surface area contributed by atoms with Gasteiger partial charge in [-0.25, -0.2) is 4.98 Å². The van der Waals surface area contributed by atoms with Crippen molar-refractivity contribution in [1.29, 1.82) is 0 Å². The highest BCUT2D eigenvalue weighted by Crippen LogP contribution is 2.17. The average molecular weight is 278 g/mol. The smallest absolute Gasteiger partial charge is 0.244 e. The molecule has 0 saturated heterocycles. The van der Waals surface area contributed by atoms with Crippen LogP contribution in [0.25, 0.3) is 0 Å². The third kappa shape index (κ3) is 3.58. The van der Waals surface area contributed by atoms with Crippen molar-refractivity contribution in [2.24, 2.45) is 0 Å². The van der Waals surface area contributed by atoms with Gasteiger partial charge in [-0.2, -0.15) is 0 Å². The molecule has 4 nitrogen and oxygen atoms in total. The molecule has 0 aliphatic rings. The van der Waals surface area contributed by atoms with E-state index in [1.165, 1.54) is 5.56 Å². The Morgan fingerprint density at radius 3 is 2.58 bits per heavy atom. The van der Waals surface area contributed by atoms with Gasteiger partial charge in [0.1, 0.15) is 6.54 Å². The zero-order chi connectivity index (χ0) is 13.8. The van der Waals surface area contributed by atoms with Gasteiger partial charge in [-0.05, 0) is 35.2 Å². The van der Waals surface area contributed by atoms with E-state index in [1.54, 1.807) is 17.0 Å². The number of halogens is 1. The molecule has 1 N–H and O–H groups in total. The first-order valence-corrected chi connectivity index (χ1v) is 6.50. The summed E-state index contributed by atoms with van der Waals surface area (Å²) in [6.45, 7) is 4.42. The molecule has 5 heteroatoms. The first-order valence-electron chi connectivity index (χ1n) is 6.12. The van der Waals surface area contributed by atoms with E-state index in [9.17, 15) is 4.79 Å². The summed E-state index contributed by atoms with van der Waals surface area (Å²) < 4.78 is 1.58. The highest BCUT2D eigenvalue weighted by Gasteiger charge is 2.06. The van der Waals surface area contributed by atoms with Gasteiger partial charge in [-0.3, -0.25) is 4.79 Å². The van der Waals surface area contributed by atoms with Crippen LogP contribution in [0.4, 0.5) is 5.69 Å². The maximum absolute atomic E-state index is 11.8. The molecule has 0 atom stereocenters. The van der Waals surface area contributed by atoms with Gasteiger partial charge in [0.05, 0.1) is 0 Å². The fraction of sp³-hybridized carbons (Fsp3) is 0.286. The number of hydrogen-bond donors (Lipinski definition) is 1. The molecular formula is C14H16ClN3O. The summed E-state index contributed by atoms with van der Waals surface area (Å²) in [7, 11) is 0. The van der Waals surface area contributed by atoms with E-state index in [0.717, 1.165) is 5.69 Å². The molecule has 1 aromatic carbocycles. The van der Waals surface area contributed by atoms with Crippen molar-refractivity contribution >= 4 is 23.2 Å². The molecular weight excluding hydrogens is 262 g/mol. The second kappa shape index (κ2) is 5.89. The second-order valence-electron chi connectivity index (χ2n) is 4.65.